The summed E-state index contributed by atoms with van der Waals surface area (Å²) in [7, 11) is 0. The van der Waals surface area contributed by atoms with Gasteiger partial charge >= 0.3 is 0 Å². The highest BCUT2D eigenvalue weighted by atomic mass is 15.2. The summed E-state index contributed by atoms with van der Waals surface area (Å²) >= 11 is 0. The maximum atomic E-state index is 5.94. The minimum Gasteiger partial charge on any atom is -0.329 e. The van der Waals surface area contributed by atoms with Gasteiger partial charge in [0.2, 0.25) is 0 Å². The Morgan fingerprint density at radius 1 is 1.38 bits per heavy atom. The van der Waals surface area contributed by atoms with Crippen LogP contribution in [0.2, 0.25) is 0 Å². The second kappa shape index (κ2) is 5.46. The van der Waals surface area contributed by atoms with Crippen molar-refractivity contribution >= 4 is 0 Å². The van der Waals surface area contributed by atoms with Gasteiger partial charge in [-0.3, -0.25) is 4.90 Å². The van der Waals surface area contributed by atoms with Gasteiger partial charge in [0.1, 0.15) is 0 Å². The average Bonchev–Trinajstić information content (AvgIpc) is 2.31. The van der Waals surface area contributed by atoms with Gasteiger partial charge in [0.15, 0.2) is 0 Å². The number of nitrogens with zero attached hydrogens (tertiary/aromatic N) is 1. The van der Waals surface area contributed by atoms with E-state index in [0.29, 0.717) is 6.04 Å². The van der Waals surface area contributed by atoms with Crippen molar-refractivity contribution in [2.24, 2.45) is 11.7 Å². The molecular weight excluding hydrogens is 196 g/mol. The molecule has 0 saturated carbocycles. The topological polar surface area (TPSA) is 29.3 Å². The predicted molar refractivity (Wildman–Crippen MR) is 68.2 cm³/mol. The molecule has 2 heteroatoms. The van der Waals surface area contributed by atoms with Gasteiger partial charge < -0.3 is 5.73 Å². The summed E-state index contributed by atoms with van der Waals surface area (Å²) in [5.41, 5.74) is 7.30. The summed E-state index contributed by atoms with van der Waals surface area (Å²) in [6.45, 7) is 5.44. The Morgan fingerprint density at radius 3 is 2.75 bits per heavy atom. The molecule has 0 aromatic heterocycles. The third-order valence-electron chi connectivity index (χ3n) is 3.54. The molecular formula is C14H22N2. The highest BCUT2D eigenvalue weighted by Crippen LogP contribution is 2.25. The molecule has 0 spiro atoms. The normalized spacial score (nSPS) is 24.2. The zero-order valence-corrected chi connectivity index (χ0v) is 10.1. The maximum absolute atomic E-state index is 5.94. The second-order valence-electron chi connectivity index (χ2n) is 4.90. The van der Waals surface area contributed by atoms with Crippen molar-refractivity contribution < 1.29 is 0 Å². The van der Waals surface area contributed by atoms with E-state index in [1.54, 1.807) is 0 Å². The smallest absolute Gasteiger partial charge is 0.0470 e. The van der Waals surface area contributed by atoms with Gasteiger partial charge in [0.05, 0.1) is 0 Å². The van der Waals surface area contributed by atoms with E-state index in [2.05, 4.69) is 42.2 Å². The van der Waals surface area contributed by atoms with Gasteiger partial charge in [-0.2, -0.15) is 0 Å². The lowest BCUT2D eigenvalue weighted by atomic mass is 9.96. The number of nitrogens with two attached hydrogens (primary N) is 1. The number of likely N-dealkylation sites (tertiary alicyclic amines) is 1. The lowest BCUT2D eigenvalue weighted by molar-refractivity contribution is 0.133. The van der Waals surface area contributed by atoms with Crippen molar-refractivity contribution in [3.63, 3.8) is 0 Å². The Kier molecular flexibility index (Phi) is 3.97. The van der Waals surface area contributed by atoms with Crippen molar-refractivity contribution in [2.75, 3.05) is 19.6 Å². The molecule has 0 bridgehead atoms. The Morgan fingerprint density at radius 2 is 2.12 bits per heavy atom. The van der Waals surface area contributed by atoms with E-state index in [9.17, 15) is 0 Å². The van der Waals surface area contributed by atoms with Crippen LogP contribution in [0.15, 0.2) is 30.3 Å². The number of rotatable bonds is 3. The highest BCUT2D eigenvalue weighted by Gasteiger charge is 2.23. The van der Waals surface area contributed by atoms with Crippen LogP contribution in [-0.4, -0.2) is 24.5 Å². The van der Waals surface area contributed by atoms with Crippen molar-refractivity contribution in [3.8, 4) is 0 Å². The van der Waals surface area contributed by atoms with Crippen LogP contribution in [0, 0.1) is 5.92 Å². The molecule has 16 heavy (non-hydrogen) atoms. The summed E-state index contributed by atoms with van der Waals surface area (Å²) in [4.78, 5) is 2.55. The number of benzene rings is 1. The van der Waals surface area contributed by atoms with Crippen LogP contribution in [0.3, 0.4) is 0 Å². The fourth-order valence-corrected chi connectivity index (χ4v) is 2.68. The molecule has 88 valence electrons. The van der Waals surface area contributed by atoms with E-state index in [1.165, 1.54) is 31.5 Å². The van der Waals surface area contributed by atoms with Crippen LogP contribution in [-0.2, 0) is 0 Å². The molecule has 2 atom stereocenters. The highest BCUT2D eigenvalue weighted by molar-refractivity contribution is 5.19. The third-order valence-corrected chi connectivity index (χ3v) is 3.54. The molecule has 1 aliphatic rings. The fourth-order valence-electron chi connectivity index (χ4n) is 2.68. The SMILES string of the molecule is C[C@@H]1CCCN([C@@H](CN)c2ccccc2)C1. The Bertz CT molecular complexity index is 310. The van der Waals surface area contributed by atoms with Gasteiger partial charge in [0.25, 0.3) is 0 Å². The van der Waals surface area contributed by atoms with Gasteiger partial charge in [-0.15, -0.1) is 0 Å². The fraction of sp³-hybridized carbons (Fsp3) is 0.571. The minimum atomic E-state index is 0.406. The van der Waals surface area contributed by atoms with Crippen molar-refractivity contribution in [1.29, 1.82) is 0 Å². The Hall–Kier alpha value is -0.860. The van der Waals surface area contributed by atoms with Crippen LogP contribution in [0.4, 0.5) is 0 Å². The Balaban J connectivity index is 2.10. The first-order valence-corrected chi connectivity index (χ1v) is 6.30. The standard InChI is InChI=1S/C14H22N2/c1-12-6-5-9-16(11-12)14(10-15)13-7-3-2-4-8-13/h2-4,7-8,12,14H,5-6,9-11,15H2,1H3/t12-,14+/m1/s1. The van der Waals surface area contributed by atoms with Gasteiger partial charge in [-0.1, -0.05) is 37.3 Å². The van der Waals surface area contributed by atoms with E-state index >= 15 is 0 Å². The van der Waals surface area contributed by atoms with Gasteiger partial charge in [-0.25, -0.2) is 0 Å². The second-order valence-corrected chi connectivity index (χ2v) is 4.90. The molecule has 0 aliphatic carbocycles. The maximum Gasteiger partial charge on any atom is 0.0470 e. The quantitative estimate of drug-likeness (QED) is 0.844. The molecule has 0 amide bonds. The van der Waals surface area contributed by atoms with Crippen molar-refractivity contribution in [2.45, 2.75) is 25.8 Å². The molecule has 1 heterocycles. The van der Waals surface area contributed by atoms with Crippen LogP contribution >= 0.6 is 0 Å². The van der Waals surface area contributed by atoms with Crippen molar-refractivity contribution in [3.05, 3.63) is 35.9 Å². The first-order valence-electron chi connectivity index (χ1n) is 6.30. The van der Waals surface area contributed by atoms with Gasteiger partial charge in [0, 0.05) is 19.1 Å². The summed E-state index contributed by atoms with van der Waals surface area (Å²) < 4.78 is 0. The van der Waals surface area contributed by atoms with Crippen LogP contribution < -0.4 is 5.73 Å². The number of hydrogen-bond acceptors (Lipinski definition) is 2. The zero-order valence-electron chi connectivity index (χ0n) is 10.1. The monoisotopic (exact) mass is 218 g/mol. The number of hydrogen-bond donors (Lipinski definition) is 1. The lowest BCUT2D eigenvalue weighted by Gasteiger charge is -2.37. The summed E-state index contributed by atoms with van der Waals surface area (Å²) in [5, 5.41) is 0. The molecule has 2 N–H and O–H groups in total. The molecule has 1 fully saturated rings. The van der Waals surface area contributed by atoms with Crippen LogP contribution in [0.25, 0.3) is 0 Å². The van der Waals surface area contributed by atoms with Gasteiger partial charge in [-0.05, 0) is 30.9 Å². The molecule has 0 radical (unpaired) electrons. The summed E-state index contributed by atoms with van der Waals surface area (Å²) in [5.74, 6) is 0.812. The summed E-state index contributed by atoms with van der Waals surface area (Å²) in [6, 6.07) is 11.1. The molecule has 2 nitrogen and oxygen atoms in total. The minimum absolute atomic E-state index is 0.406. The van der Waals surface area contributed by atoms with E-state index < -0.39 is 0 Å². The third kappa shape index (κ3) is 2.63. The molecule has 1 aliphatic heterocycles. The number of piperidine rings is 1. The summed E-state index contributed by atoms with van der Waals surface area (Å²) in [6.07, 6.45) is 2.67. The zero-order chi connectivity index (χ0) is 11.4. The molecule has 1 aromatic carbocycles. The largest absolute Gasteiger partial charge is 0.329 e. The molecule has 2 rings (SSSR count). The van der Waals surface area contributed by atoms with E-state index in [1.807, 2.05) is 0 Å². The predicted octanol–water partition coefficient (Wildman–Crippen LogP) is 2.42. The molecule has 1 saturated heterocycles. The van der Waals surface area contributed by atoms with Crippen LogP contribution in [0.1, 0.15) is 31.4 Å². The lowest BCUT2D eigenvalue weighted by Crippen LogP contribution is -2.40. The molecule has 0 unspecified atom stereocenters. The van der Waals surface area contributed by atoms with Crippen LogP contribution in [0.5, 0.6) is 0 Å². The average molecular weight is 218 g/mol. The van der Waals surface area contributed by atoms with E-state index in [0.717, 1.165) is 12.5 Å². The first-order chi connectivity index (χ1) is 7.81. The Labute approximate surface area is 98.4 Å². The molecule has 1 aromatic rings. The van der Waals surface area contributed by atoms with E-state index in [-0.39, 0.29) is 0 Å². The first kappa shape index (κ1) is 11.6. The van der Waals surface area contributed by atoms with E-state index in [4.69, 9.17) is 5.73 Å². The van der Waals surface area contributed by atoms with Crippen molar-refractivity contribution in [1.82, 2.24) is 4.90 Å².